The largest absolute Gasteiger partial charge is 0.371 e. The van der Waals surface area contributed by atoms with Gasteiger partial charge in [-0.3, -0.25) is 4.79 Å². The summed E-state index contributed by atoms with van der Waals surface area (Å²) >= 11 is 5.96. The lowest BCUT2D eigenvalue weighted by Gasteiger charge is -2.32. The van der Waals surface area contributed by atoms with Crippen LogP contribution in [0.1, 0.15) is 12.8 Å². The molecule has 2 N–H and O–H groups in total. The molecule has 19 heavy (non-hydrogen) atoms. The minimum atomic E-state index is -0.264. The van der Waals surface area contributed by atoms with Gasteiger partial charge in [-0.2, -0.15) is 4.09 Å². The van der Waals surface area contributed by atoms with Crippen LogP contribution in [0, 0.1) is 0 Å². The lowest BCUT2D eigenvalue weighted by Crippen LogP contribution is -2.39. The number of anilines is 1. The lowest BCUT2D eigenvalue weighted by atomic mass is 10.0. The fourth-order valence-corrected chi connectivity index (χ4v) is 2.70. The molecule has 0 radical (unpaired) electrons. The molecule has 2 aromatic heterocycles. The van der Waals surface area contributed by atoms with Gasteiger partial charge in [0.1, 0.15) is 0 Å². The molecule has 1 fully saturated rings. The first-order valence-corrected chi connectivity index (χ1v) is 6.68. The molecule has 0 aliphatic carbocycles. The highest BCUT2D eigenvalue weighted by Crippen LogP contribution is 2.26. The summed E-state index contributed by atoms with van der Waals surface area (Å²) < 4.78 is 1.06. The van der Waals surface area contributed by atoms with Gasteiger partial charge in [0.15, 0.2) is 5.65 Å². The summed E-state index contributed by atoms with van der Waals surface area (Å²) in [6.45, 7) is 1.84. The average molecular weight is 279 g/mol. The Morgan fingerprint density at radius 2 is 2.00 bits per heavy atom. The second-order valence-corrected chi connectivity index (χ2v) is 5.18. The summed E-state index contributed by atoms with van der Waals surface area (Å²) in [5.41, 5.74) is 7.22. The van der Waals surface area contributed by atoms with E-state index in [4.69, 9.17) is 17.5 Å². The predicted molar refractivity (Wildman–Crippen MR) is 76.7 cm³/mol. The summed E-state index contributed by atoms with van der Waals surface area (Å²) in [5, 5.41) is 0.896. The molecule has 0 bridgehead atoms. The van der Waals surface area contributed by atoms with Gasteiger partial charge in [0.2, 0.25) is 0 Å². The summed E-state index contributed by atoms with van der Waals surface area (Å²) in [5.74, 6) is 0. The summed E-state index contributed by atoms with van der Waals surface area (Å²) in [7, 11) is 0. The smallest absolute Gasteiger partial charge is 0.267 e. The van der Waals surface area contributed by atoms with Crippen molar-refractivity contribution in [3.63, 3.8) is 0 Å². The molecule has 1 aliphatic heterocycles. The standard InChI is InChI=1S/C13H15ClN4O/c14-18-12(19)2-1-10-11(3-6-16-13(10)18)17-7-4-9(15)5-8-17/h1-3,6,9H,4-5,7-8,15H2. The topological polar surface area (TPSA) is 64.2 Å². The first kappa shape index (κ1) is 12.4. The first-order valence-electron chi connectivity index (χ1n) is 6.34. The van der Waals surface area contributed by atoms with Gasteiger partial charge in [0.05, 0.1) is 0 Å². The molecule has 0 amide bonds. The second-order valence-electron chi connectivity index (χ2n) is 4.84. The van der Waals surface area contributed by atoms with Crippen LogP contribution in [0.4, 0.5) is 5.69 Å². The number of piperidine rings is 1. The number of nitrogens with two attached hydrogens (primary N) is 1. The Morgan fingerprint density at radius 1 is 1.26 bits per heavy atom. The van der Waals surface area contributed by atoms with Crippen molar-refractivity contribution in [3.05, 3.63) is 34.7 Å². The number of fused-ring (bicyclic) bond motifs is 1. The number of rotatable bonds is 1. The van der Waals surface area contributed by atoms with Crippen LogP contribution in [0.25, 0.3) is 11.0 Å². The molecule has 0 aromatic carbocycles. The molecular weight excluding hydrogens is 264 g/mol. The SMILES string of the molecule is NC1CCN(c2ccnc3c2ccc(=O)n3Cl)CC1. The fourth-order valence-electron chi connectivity index (χ4n) is 2.51. The Hall–Kier alpha value is -1.59. The molecule has 0 unspecified atom stereocenters. The van der Waals surface area contributed by atoms with Crippen molar-refractivity contribution in [2.24, 2.45) is 5.73 Å². The van der Waals surface area contributed by atoms with Gasteiger partial charge in [-0.15, -0.1) is 0 Å². The number of hydrogen-bond donors (Lipinski definition) is 1. The highest BCUT2D eigenvalue weighted by molar-refractivity contribution is 6.18. The van der Waals surface area contributed by atoms with Crippen molar-refractivity contribution >= 4 is 28.5 Å². The number of halogens is 1. The van der Waals surface area contributed by atoms with E-state index < -0.39 is 0 Å². The molecule has 5 nitrogen and oxygen atoms in total. The third kappa shape index (κ3) is 2.19. The maximum atomic E-state index is 11.5. The zero-order chi connectivity index (χ0) is 13.4. The Morgan fingerprint density at radius 3 is 2.74 bits per heavy atom. The van der Waals surface area contributed by atoms with Crippen molar-refractivity contribution < 1.29 is 0 Å². The maximum absolute atomic E-state index is 11.5. The molecule has 0 saturated carbocycles. The Bertz CT molecular complexity index is 661. The number of pyridine rings is 2. The van der Waals surface area contributed by atoms with E-state index in [0.717, 1.165) is 41.1 Å². The predicted octanol–water partition coefficient (Wildman–Crippen LogP) is 1.33. The number of nitrogens with zero attached hydrogens (tertiary/aromatic N) is 3. The minimum Gasteiger partial charge on any atom is -0.371 e. The Labute approximate surface area is 115 Å². The zero-order valence-electron chi connectivity index (χ0n) is 10.4. The molecule has 2 aromatic rings. The van der Waals surface area contributed by atoms with Gasteiger partial charge in [-0.05, 0) is 25.0 Å². The van der Waals surface area contributed by atoms with E-state index in [2.05, 4.69) is 9.88 Å². The molecule has 6 heteroatoms. The third-order valence-electron chi connectivity index (χ3n) is 3.60. The minimum absolute atomic E-state index is 0.264. The van der Waals surface area contributed by atoms with Crippen LogP contribution in [0.15, 0.2) is 29.2 Å². The van der Waals surface area contributed by atoms with Crippen molar-refractivity contribution in [1.29, 1.82) is 0 Å². The van der Waals surface area contributed by atoms with Crippen molar-refractivity contribution in [3.8, 4) is 0 Å². The van der Waals surface area contributed by atoms with E-state index in [1.807, 2.05) is 6.07 Å². The monoisotopic (exact) mass is 278 g/mol. The van der Waals surface area contributed by atoms with Crippen LogP contribution in [-0.2, 0) is 0 Å². The van der Waals surface area contributed by atoms with Crippen molar-refractivity contribution in [2.75, 3.05) is 18.0 Å². The van der Waals surface area contributed by atoms with E-state index in [1.54, 1.807) is 12.3 Å². The first-order chi connectivity index (χ1) is 9.16. The zero-order valence-corrected chi connectivity index (χ0v) is 11.2. The second kappa shape index (κ2) is 4.83. The van der Waals surface area contributed by atoms with E-state index in [1.165, 1.54) is 6.07 Å². The highest BCUT2D eigenvalue weighted by atomic mass is 35.5. The van der Waals surface area contributed by atoms with Crippen LogP contribution >= 0.6 is 11.8 Å². The molecule has 0 spiro atoms. The molecule has 1 saturated heterocycles. The van der Waals surface area contributed by atoms with Gasteiger partial charge < -0.3 is 10.6 Å². The van der Waals surface area contributed by atoms with E-state index in [9.17, 15) is 4.79 Å². The van der Waals surface area contributed by atoms with Gasteiger partial charge in [0, 0.05) is 54.2 Å². The Kier molecular flexibility index (Phi) is 3.16. The highest BCUT2D eigenvalue weighted by Gasteiger charge is 2.18. The molecular formula is C13H15ClN4O. The summed E-state index contributed by atoms with van der Waals surface area (Å²) in [6, 6.07) is 5.50. The van der Waals surface area contributed by atoms with Crippen LogP contribution < -0.4 is 16.2 Å². The molecule has 0 atom stereocenters. The van der Waals surface area contributed by atoms with Gasteiger partial charge >= 0.3 is 0 Å². The third-order valence-corrected chi connectivity index (χ3v) is 3.93. The molecule has 3 heterocycles. The van der Waals surface area contributed by atoms with Crippen LogP contribution in [0.3, 0.4) is 0 Å². The summed E-state index contributed by atoms with van der Waals surface area (Å²) in [6.07, 6.45) is 3.64. The lowest BCUT2D eigenvalue weighted by molar-refractivity contribution is 0.502. The van der Waals surface area contributed by atoms with Crippen LogP contribution in [0.2, 0.25) is 0 Å². The van der Waals surface area contributed by atoms with Gasteiger partial charge in [0.25, 0.3) is 5.56 Å². The number of aromatic nitrogens is 2. The van der Waals surface area contributed by atoms with Crippen LogP contribution in [0.5, 0.6) is 0 Å². The molecule has 1 aliphatic rings. The van der Waals surface area contributed by atoms with Crippen LogP contribution in [-0.4, -0.2) is 28.2 Å². The normalized spacial score (nSPS) is 17.1. The van der Waals surface area contributed by atoms with Gasteiger partial charge in [-0.25, -0.2) is 4.98 Å². The van der Waals surface area contributed by atoms with Crippen molar-refractivity contribution in [1.82, 2.24) is 9.07 Å². The van der Waals surface area contributed by atoms with E-state index in [0.29, 0.717) is 5.65 Å². The number of hydrogen-bond acceptors (Lipinski definition) is 4. The van der Waals surface area contributed by atoms with E-state index in [-0.39, 0.29) is 11.6 Å². The van der Waals surface area contributed by atoms with Crippen molar-refractivity contribution in [2.45, 2.75) is 18.9 Å². The van der Waals surface area contributed by atoms with E-state index >= 15 is 0 Å². The molecule has 100 valence electrons. The fraction of sp³-hybridized carbons (Fsp3) is 0.385. The molecule has 3 rings (SSSR count). The maximum Gasteiger partial charge on any atom is 0.267 e. The average Bonchev–Trinajstić information content (AvgIpc) is 2.43. The quantitative estimate of drug-likeness (QED) is 0.855. The summed E-state index contributed by atoms with van der Waals surface area (Å²) in [4.78, 5) is 18.0. The van der Waals surface area contributed by atoms with Gasteiger partial charge in [-0.1, -0.05) is 0 Å². The Balaban J connectivity index is 2.09.